The van der Waals surface area contributed by atoms with Gasteiger partial charge in [-0.05, 0) is 36.8 Å². The Balaban J connectivity index is 2.15. The third kappa shape index (κ3) is 2.53. The van der Waals surface area contributed by atoms with Gasteiger partial charge in [-0.2, -0.15) is 5.10 Å². The van der Waals surface area contributed by atoms with Crippen molar-refractivity contribution < 1.29 is 10.2 Å². The van der Waals surface area contributed by atoms with Gasteiger partial charge in [-0.25, -0.2) is 9.90 Å². The molecule has 0 aliphatic heterocycles. The number of phenols is 2. The molecule has 0 unspecified atom stereocenters. The number of aromatic nitrogens is 3. The molecule has 7 heteroatoms. The molecule has 2 aromatic carbocycles. The number of aromatic hydroxyl groups is 2. The smallest absolute Gasteiger partial charge is 0.155 e. The van der Waals surface area contributed by atoms with Gasteiger partial charge in [-0.3, -0.25) is 0 Å². The fourth-order valence-corrected chi connectivity index (χ4v) is 3.00. The summed E-state index contributed by atoms with van der Waals surface area (Å²) in [5, 5.41) is 26.4. The molecule has 0 fully saturated rings. The number of halogens is 1. The number of phenolic OH excluding ortho intramolecular Hbond substituents is 2. The van der Waals surface area contributed by atoms with Gasteiger partial charge in [0.25, 0.3) is 0 Å². The third-order valence-electron chi connectivity index (χ3n) is 3.31. The van der Waals surface area contributed by atoms with E-state index in [0.29, 0.717) is 16.0 Å². The molecular formula is C15H12BrN3O2S. The second-order valence-corrected chi connectivity index (χ2v) is 6.14. The summed E-state index contributed by atoms with van der Waals surface area (Å²) in [4.78, 5) is 0. The molecular weight excluding hydrogens is 366 g/mol. The Labute approximate surface area is 140 Å². The molecule has 3 rings (SSSR count). The van der Waals surface area contributed by atoms with Gasteiger partial charge in [-0.1, -0.05) is 34.2 Å². The van der Waals surface area contributed by atoms with Crippen LogP contribution in [-0.4, -0.2) is 25.2 Å². The summed E-state index contributed by atoms with van der Waals surface area (Å²) in [6, 6.07) is 10.1. The Morgan fingerprint density at radius 3 is 2.64 bits per heavy atom. The standard InChI is InChI=1S/C15H12BrN3O2S/c1-8-6-9(16)2-4-11(8)14-15(22)19(18-17-14)12-5-3-10(20)7-13(12)21/h2-7,18,20-21H,1H3. The van der Waals surface area contributed by atoms with Crippen molar-refractivity contribution in [3.8, 4) is 28.4 Å². The Bertz CT molecular complexity index is 845. The van der Waals surface area contributed by atoms with E-state index in [-0.39, 0.29) is 11.5 Å². The first-order valence-electron chi connectivity index (χ1n) is 6.43. The molecule has 3 N–H and O–H groups in total. The zero-order valence-electron chi connectivity index (χ0n) is 11.5. The topological polar surface area (TPSA) is 74.1 Å². The van der Waals surface area contributed by atoms with Crippen LogP contribution in [0, 0.1) is 11.6 Å². The number of hydrogen-bond acceptors (Lipinski definition) is 4. The molecule has 0 aliphatic rings. The number of rotatable bonds is 2. The van der Waals surface area contributed by atoms with E-state index < -0.39 is 0 Å². The average Bonchev–Trinajstić information content (AvgIpc) is 2.81. The quantitative estimate of drug-likeness (QED) is 0.588. The Kier molecular flexibility index (Phi) is 3.76. The molecule has 0 amide bonds. The maximum atomic E-state index is 9.96. The van der Waals surface area contributed by atoms with E-state index in [2.05, 4.69) is 26.2 Å². The van der Waals surface area contributed by atoms with Crippen LogP contribution in [0.3, 0.4) is 0 Å². The maximum Gasteiger partial charge on any atom is 0.155 e. The van der Waals surface area contributed by atoms with Crippen molar-refractivity contribution in [2.24, 2.45) is 0 Å². The van der Waals surface area contributed by atoms with Crippen molar-refractivity contribution >= 4 is 28.1 Å². The number of aryl methyl sites for hydroxylation is 1. The predicted octanol–water partition coefficient (Wildman–Crippen LogP) is 4.08. The number of benzene rings is 2. The lowest BCUT2D eigenvalue weighted by Gasteiger charge is -2.05. The molecule has 0 aliphatic carbocycles. The lowest BCUT2D eigenvalue weighted by molar-refractivity contribution is 0.447. The van der Waals surface area contributed by atoms with Crippen LogP contribution in [0.2, 0.25) is 0 Å². The zero-order valence-corrected chi connectivity index (χ0v) is 13.9. The molecule has 5 nitrogen and oxygen atoms in total. The van der Waals surface area contributed by atoms with Crippen LogP contribution in [0.25, 0.3) is 16.9 Å². The molecule has 0 saturated carbocycles. The summed E-state index contributed by atoms with van der Waals surface area (Å²) in [7, 11) is 0. The summed E-state index contributed by atoms with van der Waals surface area (Å²) in [6.45, 7) is 1.98. The molecule has 22 heavy (non-hydrogen) atoms. The molecule has 0 saturated heterocycles. The van der Waals surface area contributed by atoms with Crippen LogP contribution < -0.4 is 0 Å². The monoisotopic (exact) mass is 377 g/mol. The van der Waals surface area contributed by atoms with Gasteiger partial charge >= 0.3 is 0 Å². The van der Waals surface area contributed by atoms with Crippen molar-refractivity contribution in [1.82, 2.24) is 15.0 Å². The summed E-state index contributed by atoms with van der Waals surface area (Å²) < 4.78 is 2.94. The Morgan fingerprint density at radius 1 is 1.18 bits per heavy atom. The largest absolute Gasteiger partial charge is 0.508 e. The van der Waals surface area contributed by atoms with Gasteiger partial charge in [0.05, 0.1) is 0 Å². The van der Waals surface area contributed by atoms with Crippen molar-refractivity contribution in [1.29, 1.82) is 0 Å². The molecule has 0 spiro atoms. The molecule has 0 radical (unpaired) electrons. The van der Waals surface area contributed by atoms with Crippen LogP contribution >= 0.6 is 28.1 Å². The summed E-state index contributed by atoms with van der Waals surface area (Å²) in [6.07, 6.45) is 0. The summed E-state index contributed by atoms with van der Waals surface area (Å²) >= 11 is 8.89. The first kappa shape index (κ1) is 14.8. The van der Waals surface area contributed by atoms with E-state index >= 15 is 0 Å². The number of nitrogens with zero attached hydrogens (tertiary/aromatic N) is 2. The lowest BCUT2D eigenvalue weighted by Crippen LogP contribution is -1.96. The SMILES string of the molecule is Cc1cc(Br)ccc1-c1n[nH]n(-c2ccc(O)cc2O)c1=S. The maximum absolute atomic E-state index is 9.96. The van der Waals surface area contributed by atoms with Gasteiger partial charge in [0.2, 0.25) is 0 Å². The minimum absolute atomic E-state index is 0.0174. The summed E-state index contributed by atoms with van der Waals surface area (Å²) in [5.41, 5.74) is 3.01. The second kappa shape index (κ2) is 5.58. The fourth-order valence-electron chi connectivity index (χ4n) is 2.23. The molecule has 3 aromatic rings. The van der Waals surface area contributed by atoms with Crippen molar-refractivity contribution in [2.45, 2.75) is 6.92 Å². The highest BCUT2D eigenvalue weighted by atomic mass is 79.9. The van der Waals surface area contributed by atoms with Gasteiger partial charge in [0.15, 0.2) is 4.64 Å². The van der Waals surface area contributed by atoms with Gasteiger partial charge in [-0.15, -0.1) is 0 Å². The van der Waals surface area contributed by atoms with Crippen molar-refractivity contribution in [3.05, 3.63) is 51.1 Å². The minimum Gasteiger partial charge on any atom is -0.508 e. The van der Waals surface area contributed by atoms with E-state index in [1.807, 2.05) is 25.1 Å². The van der Waals surface area contributed by atoms with Gasteiger partial charge in [0, 0.05) is 16.1 Å². The van der Waals surface area contributed by atoms with Gasteiger partial charge in [0.1, 0.15) is 22.9 Å². The molecule has 1 aromatic heterocycles. The highest BCUT2D eigenvalue weighted by molar-refractivity contribution is 9.10. The third-order valence-corrected chi connectivity index (χ3v) is 4.18. The van der Waals surface area contributed by atoms with E-state index in [0.717, 1.165) is 15.6 Å². The number of aromatic amines is 1. The zero-order chi connectivity index (χ0) is 15.9. The number of nitrogens with one attached hydrogen (secondary N) is 1. The Morgan fingerprint density at radius 2 is 1.95 bits per heavy atom. The van der Waals surface area contributed by atoms with E-state index in [1.54, 1.807) is 6.07 Å². The minimum atomic E-state index is -0.0844. The molecule has 112 valence electrons. The highest BCUT2D eigenvalue weighted by Gasteiger charge is 2.13. The van der Waals surface area contributed by atoms with Crippen LogP contribution in [-0.2, 0) is 0 Å². The highest BCUT2D eigenvalue weighted by Crippen LogP contribution is 2.29. The van der Waals surface area contributed by atoms with Crippen LogP contribution in [0.4, 0.5) is 0 Å². The number of hydrogen-bond donors (Lipinski definition) is 3. The fraction of sp³-hybridized carbons (Fsp3) is 0.0667. The summed E-state index contributed by atoms with van der Waals surface area (Å²) in [5.74, 6) is -0.102. The molecule has 0 bridgehead atoms. The predicted molar refractivity (Wildman–Crippen MR) is 90.0 cm³/mol. The van der Waals surface area contributed by atoms with Crippen LogP contribution in [0.1, 0.15) is 5.56 Å². The van der Waals surface area contributed by atoms with Crippen molar-refractivity contribution in [2.75, 3.05) is 0 Å². The second-order valence-electron chi connectivity index (χ2n) is 4.83. The molecule has 1 heterocycles. The van der Waals surface area contributed by atoms with Gasteiger partial charge < -0.3 is 10.2 Å². The van der Waals surface area contributed by atoms with Crippen molar-refractivity contribution in [3.63, 3.8) is 0 Å². The first-order chi connectivity index (χ1) is 10.5. The van der Waals surface area contributed by atoms with Crippen LogP contribution in [0.15, 0.2) is 40.9 Å². The van der Waals surface area contributed by atoms with Crippen LogP contribution in [0.5, 0.6) is 11.5 Å². The van der Waals surface area contributed by atoms with E-state index in [9.17, 15) is 10.2 Å². The average molecular weight is 378 g/mol. The van der Waals surface area contributed by atoms with E-state index in [4.69, 9.17) is 12.2 Å². The van der Waals surface area contributed by atoms with E-state index in [1.165, 1.54) is 16.8 Å². The number of H-pyrrole nitrogens is 1. The molecule has 0 atom stereocenters. The lowest BCUT2D eigenvalue weighted by atomic mass is 10.1. The normalized spacial score (nSPS) is 10.8. The Hall–Kier alpha value is -2.12. The first-order valence-corrected chi connectivity index (χ1v) is 7.64.